The monoisotopic (exact) mass is 417 g/mol. The van der Waals surface area contributed by atoms with Gasteiger partial charge in [-0.15, -0.1) is 0 Å². The molecule has 1 aromatic carbocycles. The number of hydrogen-bond donors (Lipinski definition) is 1. The van der Waals surface area contributed by atoms with E-state index in [0.29, 0.717) is 12.1 Å². The van der Waals surface area contributed by atoms with Crippen LogP contribution < -0.4 is 15.5 Å². The van der Waals surface area contributed by atoms with Crippen molar-refractivity contribution in [3.63, 3.8) is 0 Å². The van der Waals surface area contributed by atoms with Crippen LogP contribution in [0.25, 0.3) is 0 Å². The summed E-state index contributed by atoms with van der Waals surface area (Å²) in [6, 6.07) is 8.23. The van der Waals surface area contributed by atoms with Crippen molar-refractivity contribution in [3.8, 4) is 6.07 Å². The van der Waals surface area contributed by atoms with Crippen LogP contribution in [0, 0.1) is 25.2 Å². The third-order valence-electron chi connectivity index (χ3n) is 5.23. The van der Waals surface area contributed by atoms with Crippen LogP contribution in [0.3, 0.4) is 0 Å². The molecule has 158 valence electrons. The maximum absolute atomic E-state index is 13.5. The summed E-state index contributed by atoms with van der Waals surface area (Å²) in [7, 11) is 1.59. The fraction of sp³-hybridized carbons (Fsp3) is 0.381. The second-order valence-electron chi connectivity index (χ2n) is 7.45. The Morgan fingerprint density at radius 3 is 2.63 bits per heavy atom. The number of nitriles is 1. The number of likely N-dealkylation sites (N-methyl/N-ethyl adjacent to an activating group) is 1. The van der Waals surface area contributed by atoms with Gasteiger partial charge in [-0.25, -0.2) is 4.98 Å². The summed E-state index contributed by atoms with van der Waals surface area (Å²) in [4.78, 5) is 20.3. The van der Waals surface area contributed by atoms with Crippen LogP contribution in [0.2, 0.25) is 0 Å². The number of amides is 1. The van der Waals surface area contributed by atoms with E-state index < -0.39 is 29.4 Å². The van der Waals surface area contributed by atoms with E-state index in [1.54, 1.807) is 19.2 Å². The smallest absolute Gasteiger partial charge is 0.342 e. The molecule has 6 nitrogen and oxygen atoms in total. The van der Waals surface area contributed by atoms with Gasteiger partial charge in [-0.2, -0.15) is 18.4 Å². The predicted octanol–water partition coefficient (Wildman–Crippen LogP) is 3.16. The van der Waals surface area contributed by atoms with Crippen molar-refractivity contribution < 1.29 is 18.0 Å². The van der Waals surface area contributed by atoms with Crippen molar-refractivity contribution in [1.82, 2.24) is 4.98 Å². The lowest BCUT2D eigenvalue weighted by atomic mass is 10.1. The first-order valence-electron chi connectivity index (χ1n) is 9.40. The second-order valence-corrected chi connectivity index (χ2v) is 7.45. The van der Waals surface area contributed by atoms with Crippen molar-refractivity contribution in [2.45, 2.75) is 38.5 Å². The minimum Gasteiger partial charge on any atom is -0.342 e. The van der Waals surface area contributed by atoms with Gasteiger partial charge in [0.15, 0.2) is 0 Å². The number of nitrogens with zero attached hydrogens (tertiary/aromatic N) is 4. The molecule has 2 aromatic rings. The summed E-state index contributed by atoms with van der Waals surface area (Å²) in [6.07, 6.45) is -4.33. The summed E-state index contributed by atoms with van der Waals surface area (Å²) < 4.78 is 40.5. The Labute approximate surface area is 172 Å². The van der Waals surface area contributed by atoms with Crippen LogP contribution >= 0.6 is 0 Å². The lowest BCUT2D eigenvalue weighted by Crippen LogP contribution is -2.52. The highest BCUT2D eigenvalue weighted by Gasteiger charge is 2.43. The molecule has 0 radical (unpaired) electrons. The Morgan fingerprint density at radius 2 is 2.03 bits per heavy atom. The number of aryl methyl sites for hydroxylation is 2. The molecule has 3 rings (SSSR count). The van der Waals surface area contributed by atoms with Gasteiger partial charge < -0.3 is 15.5 Å². The lowest BCUT2D eigenvalue weighted by Gasteiger charge is -2.31. The van der Waals surface area contributed by atoms with Crippen molar-refractivity contribution >= 4 is 17.4 Å². The van der Waals surface area contributed by atoms with Crippen molar-refractivity contribution in [2.24, 2.45) is 5.73 Å². The van der Waals surface area contributed by atoms with Crippen LogP contribution in [0.15, 0.2) is 30.3 Å². The normalized spacial score (nSPS) is 18.9. The van der Waals surface area contributed by atoms with Gasteiger partial charge in [0.25, 0.3) is 5.91 Å². The number of aromatic nitrogens is 1. The number of rotatable bonds is 3. The zero-order valence-electron chi connectivity index (χ0n) is 16.9. The Morgan fingerprint density at radius 1 is 1.33 bits per heavy atom. The molecular formula is C21H22F3N5O. The zero-order chi connectivity index (χ0) is 22.2. The third-order valence-corrected chi connectivity index (χ3v) is 5.23. The van der Waals surface area contributed by atoms with Crippen LogP contribution in [0.4, 0.5) is 24.7 Å². The number of benzene rings is 1. The van der Waals surface area contributed by atoms with E-state index in [1.165, 1.54) is 16.7 Å². The summed E-state index contributed by atoms with van der Waals surface area (Å²) in [5.74, 6) is -0.528. The second kappa shape index (κ2) is 7.95. The number of pyridine rings is 1. The van der Waals surface area contributed by atoms with Crippen LogP contribution in [0.1, 0.15) is 28.8 Å². The van der Waals surface area contributed by atoms with E-state index in [4.69, 9.17) is 5.73 Å². The van der Waals surface area contributed by atoms with Crippen molar-refractivity contribution in [1.29, 1.82) is 5.26 Å². The van der Waals surface area contributed by atoms with Gasteiger partial charge in [0.05, 0.1) is 5.56 Å². The van der Waals surface area contributed by atoms with E-state index in [1.807, 2.05) is 25.1 Å². The lowest BCUT2D eigenvalue weighted by molar-refractivity contribution is -0.137. The Balaban J connectivity index is 2.05. The molecule has 2 atom stereocenters. The maximum atomic E-state index is 13.5. The molecule has 1 aromatic heterocycles. The molecule has 1 saturated heterocycles. The molecule has 0 spiro atoms. The molecule has 0 unspecified atom stereocenters. The summed E-state index contributed by atoms with van der Waals surface area (Å²) >= 11 is 0. The number of anilines is 2. The highest BCUT2D eigenvalue weighted by atomic mass is 19.4. The number of halogens is 3. The number of carbonyl (C=O) groups excluding carboxylic acids is 1. The largest absolute Gasteiger partial charge is 0.417 e. The maximum Gasteiger partial charge on any atom is 0.417 e. The summed E-state index contributed by atoms with van der Waals surface area (Å²) in [6.45, 7) is 3.54. The zero-order valence-corrected chi connectivity index (χ0v) is 16.9. The Bertz CT molecular complexity index is 1010. The molecule has 0 aliphatic carbocycles. The predicted molar refractivity (Wildman–Crippen MR) is 107 cm³/mol. The highest BCUT2D eigenvalue weighted by molar-refractivity contribution is 5.99. The molecule has 2 heterocycles. The van der Waals surface area contributed by atoms with Crippen LogP contribution in [0.5, 0.6) is 0 Å². The molecule has 1 fully saturated rings. The van der Waals surface area contributed by atoms with E-state index in [2.05, 4.69) is 4.98 Å². The fourth-order valence-corrected chi connectivity index (χ4v) is 3.73. The quantitative estimate of drug-likeness (QED) is 0.829. The van der Waals surface area contributed by atoms with Gasteiger partial charge in [0, 0.05) is 31.0 Å². The van der Waals surface area contributed by atoms with Gasteiger partial charge in [-0.1, -0.05) is 12.1 Å². The van der Waals surface area contributed by atoms with Crippen LogP contribution in [-0.2, 0) is 11.0 Å². The first-order chi connectivity index (χ1) is 14.0. The summed E-state index contributed by atoms with van der Waals surface area (Å²) in [5, 5.41) is 9.48. The van der Waals surface area contributed by atoms with Gasteiger partial charge in [-0.05, 0) is 44.0 Å². The average Bonchev–Trinajstić information content (AvgIpc) is 3.06. The van der Waals surface area contributed by atoms with Crippen LogP contribution in [-0.4, -0.2) is 36.6 Å². The van der Waals surface area contributed by atoms with Gasteiger partial charge in [0.2, 0.25) is 0 Å². The highest BCUT2D eigenvalue weighted by Crippen LogP contribution is 2.37. The Hall–Kier alpha value is -3.12. The minimum atomic E-state index is -4.72. The number of carbonyl (C=O) groups is 1. The van der Waals surface area contributed by atoms with Crippen molar-refractivity contribution in [2.75, 3.05) is 23.4 Å². The number of hydrogen-bond acceptors (Lipinski definition) is 5. The molecule has 0 saturated carbocycles. The van der Waals surface area contributed by atoms with Gasteiger partial charge in [0.1, 0.15) is 23.5 Å². The fourth-order valence-electron chi connectivity index (χ4n) is 3.73. The summed E-state index contributed by atoms with van der Waals surface area (Å²) in [5.41, 5.74) is 6.23. The molecule has 2 N–H and O–H groups in total. The van der Waals surface area contributed by atoms with E-state index in [0.717, 1.165) is 11.6 Å². The van der Waals surface area contributed by atoms with Gasteiger partial charge >= 0.3 is 6.18 Å². The molecule has 1 aliphatic heterocycles. The molecule has 30 heavy (non-hydrogen) atoms. The first-order valence-corrected chi connectivity index (χ1v) is 9.40. The third kappa shape index (κ3) is 3.96. The molecule has 1 amide bonds. The number of nitrogens with two attached hydrogens (primary N) is 1. The van der Waals surface area contributed by atoms with Gasteiger partial charge in [-0.3, -0.25) is 4.79 Å². The molecular weight excluding hydrogens is 395 g/mol. The van der Waals surface area contributed by atoms with Crippen molar-refractivity contribution in [3.05, 3.63) is 52.7 Å². The number of alkyl halides is 3. The topological polar surface area (TPSA) is 86.2 Å². The Kier molecular flexibility index (Phi) is 5.72. The average molecular weight is 417 g/mol. The molecule has 1 aliphatic rings. The molecule has 0 bridgehead atoms. The standard InChI is InChI=1S/C21H22F3N5O/c1-12-5-4-6-14(9-12)28(3)20(30)18-17(26)7-8-29(18)19-15(11-25)16(21(22,23)24)10-13(2)27-19/h4-6,9-10,17-18H,7-8,26H2,1-3H3/t17-,18+/m1/s1. The molecule has 9 heteroatoms. The van der Waals surface area contributed by atoms with E-state index in [9.17, 15) is 23.2 Å². The van der Waals surface area contributed by atoms with E-state index in [-0.39, 0.29) is 24.0 Å². The van der Waals surface area contributed by atoms with E-state index >= 15 is 0 Å². The first kappa shape index (κ1) is 21.6. The minimum absolute atomic E-state index is 0.107. The SMILES string of the molecule is Cc1cccc(N(C)C(=O)[C@@H]2[C@H](N)CCN2c2nc(C)cc(C(F)(F)F)c2C#N)c1.